The third-order valence-electron chi connectivity index (χ3n) is 12.0. The van der Waals surface area contributed by atoms with Gasteiger partial charge in [-0.05, 0) is 112 Å². The monoisotopic (exact) mass is 805 g/mol. The van der Waals surface area contributed by atoms with Gasteiger partial charge in [-0.1, -0.05) is 182 Å². The predicted molar refractivity (Wildman–Crippen MR) is 266 cm³/mol. The molecule has 3 nitrogen and oxygen atoms in total. The Morgan fingerprint density at radius 3 is 1.11 bits per heavy atom. The normalized spacial score (nSPS) is 11.2. The van der Waals surface area contributed by atoms with Crippen LogP contribution in [0, 0.1) is 0 Å². The minimum Gasteiger partial charge on any atom is -0.310 e. The van der Waals surface area contributed by atoms with Gasteiger partial charge in [0.15, 0.2) is 0 Å². The van der Waals surface area contributed by atoms with Crippen LogP contribution < -0.4 is 9.80 Å². The van der Waals surface area contributed by atoms with Crippen molar-refractivity contribution in [1.82, 2.24) is 4.57 Å². The van der Waals surface area contributed by atoms with Crippen LogP contribution in [0.25, 0.3) is 60.9 Å². The second kappa shape index (κ2) is 16.6. The van der Waals surface area contributed by atoms with Crippen molar-refractivity contribution >= 4 is 55.9 Å². The van der Waals surface area contributed by atoms with E-state index in [1.807, 2.05) is 0 Å². The van der Waals surface area contributed by atoms with Gasteiger partial charge in [-0.2, -0.15) is 0 Å². The molecule has 1 heterocycles. The summed E-state index contributed by atoms with van der Waals surface area (Å²) in [6.45, 7) is 0. The highest BCUT2D eigenvalue weighted by Crippen LogP contribution is 2.48. The lowest BCUT2D eigenvalue weighted by Gasteiger charge is -2.30. The van der Waals surface area contributed by atoms with Gasteiger partial charge in [0.2, 0.25) is 0 Å². The maximum atomic E-state index is 2.44. The Balaban J connectivity index is 1.19. The topological polar surface area (TPSA) is 11.4 Å². The lowest BCUT2D eigenvalue weighted by atomic mass is 10.0. The summed E-state index contributed by atoms with van der Waals surface area (Å²) in [6, 6.07) is 93.8. The Kier molecular flexibility index (Phi) is 9.89. The highest BCUT2D eigenvalue weighted by molar-refractivity contribution is 6.18. The second-order valence-electron chi connectivity index (χ2n) is 15.8. The highest BCUT2D eigenvalue weighted by atomic mass is 15.2. The van der Waals surface area contributed by atoms with Crippen LogP contribution in [0.5, 0.6) is 0 Å². The number of hydrogen-bond donors (Lipinski definition) is 0. The van der Waals surface area contributed by atoms with E-state index in [4.69, 9.17) is 0 Å². The maximum absolute atomic E-state index is 2.44. The quantitative estimate of drug-likeness (QED) is 0.136. The number of aromatic nitrogens is 1. The van der Waals surface area contributed by atoms with Crippen LogP contribution >= 0.6 is 0 Å². The van der Waals surface area contributed by atoms with E-state index in [1.54, 1.807) is 0 Å². The number of para-hydroxylation sites is 3. The molecule has 0 bridgehead atoms. The largest absolute Gasteiger partial charge is 0.310 e. The summed E-state index contributed by atoms with van der Waals surface area (Å²) in [5.41, 5.74) is 16.9. The zero-order valence-electron chi connectivity index (χ0n) is 34.7. The smallest absolute Gasteiger partial charge is 0.0583 e. The van der Waals surface area contributed by atoms with Crippen molar-refractivity contribution in [3.05, 3.63) is 261 Å². The maximum Gasteiger partial charge on any atom is 0.0583 e. The molecule has 0 radical (unpaired) electrons. The zero-order chi connectivity index (χ0) is 42.0. The van der Waals surface area contributed by atoms with Crippen LogP contribution in [-0.2, 0) is 0 Å². The Hall–Kier alpha value is -8.40. The molecule has 3 heteroatoms. The van der Waals surface area contributed by atoms with Crippen molar-refractivity contribution in [2.75, 3.05) is 9.80 Å². The molecule has 0 spiro atoms. The first-order valence-corrected chi connectivity index (χ1v) is 21.5. The molecule has 11 aromatic rings. The summed E-state index contributed by atoms with van der Waals surface area (Å²) in [5.74, 6) is 0. The predicted octanol–water partition coefficient (Wildman–Crippen LogP) is 16.7. The Morgan fingerprint density at radius 1 is 0.254 bits per heavy atom. The summed E-state index contributed by atoms with van der Waals surface area (Å²) in [7, 11) is 0. The van der Waals surface area contributed by atoms with Crippen LogP contribution in [0.15, 0.2) is 261 Å². The van der Waals surface area contributed by atoms with Crippen molar-refractivity contribution in [1.29, 1.82) is 0 Å². The van der Waals surface area contributed by atoms with Gasteiger partial charge in [-0.25, -0.2) is 0 Å². The molecule has 0 amide bonds. The van der Waals surface area contributed by atoms with Gasteiger partial charge < -0.3 is 14.4 Å². The van der Waals surface area contributed by atoms with Gasteiger partial charge in [0.05, 0.1) is 22.4 Å². The first kappa shape index (κ1) is 37.6. The van der Waals surface area contributed by atoms with E-state index in [0.717, 1.165) is 50.8 Å². The second-order valence-corrected chi connectivity index (χ2v) is 15.8. The number of anilines is 6. The minimum absolute atomic E-state index is 1.04. The fraction of sp³-hybridized carbons (Fsp3) is 0. The molecule has 0 fully saturated rings. The molecule has 11 rings (SSSR count). The summed E-state index contributed by atoms with van der Waals surface area (Å²) >= 11 is 0. The first-order chi connectivity index (χ1) is 31.3. The molecule has 0 aliphatic heterocycles. The Bertz CT molecular complexity index is 3270. The summed E-state index contributed by atoms with van der Waals surface area (Å²) in [5, 5.41) is 2.35. The van der Waals surface area contributed by atoms with E-state index in [0.29, 0.717) is 0 Å². The molecule has 0 saturated carbocycles. The molecular weight excluding hydrogens is 763 g/mol. The van der Waals surface area contributed by atoms with Crippen LogP contribution in [-0.4, -0.2) is 4.57 Å². The third kappa shape index (κ3) is 7.22. The molecule has 0 aliphatic carbocycles. The summed E-state index contributed by atoms with van der Waals surface area (Å²) in [6.07, 6.45) is 0. The van der Waals surface area contributed by atoms with Gasteiger partial charge in [0.1, 0.15) is 0 Å². The van der Waals surface area contributed by atoms with Crippen LogP contribution in [0.2, 0.25) is 0 Å². The molecule has 10 aromatic carbocycles. The van der Waals surface area contributed by atoms with E-state index in [1.165, 1.54) is 44.2 Å². The molecule has 1 aromatic heterocycles. The third-order valence-corrected chi connectivity index (χ3v) is 12.0. The minimum atomic E-state index is 1.04. The number of hydrogen-bond acceptors (Lipinski definition) is 2. The molecule has 0 aliphatic rings. The van der Waals surface area contributed by atoms with Gasteiger partial charge in [0.25, 0.3) is 0 Å². The summed E-state index contributed by atoms with van der Waals surface area (Å²) < 4.78 is 2.44. The number of rotatable bonds is 10. The Labute approximate surface area is 368 Å². The van der Waals surface area contributed by atoms with Crippen LogP contribution in [0.4, 0.5) is 34.1 Å². The number of benzene rings is 10. The van der Waals surface area contributed by atoms with Gasteiger partial charge in [0, 0.05) is 39.2 Å². The van der Waals surface area contributed by atoms with E-state index in [-0.39, 0.29) is 0 Å². The number of nitrogens with zero attached hydrogens (tertiary/aromatic N) is 3. The zero-order valence-corrected chi connectivity index (χ0v) is 34.7. The first-order valence-electron chi connectivity index (χ1n) is 21.5. The molecule has 0 unspecified atom stereocenters. The van der Waals surface area contributed by atoms with E-state index in [9.17, 15) is 0 Å². The van der Waals surface area contributed by atoms with Crippen molar-refractivity contribution < 1.29 is 0 Å². The van der Waals surface area contributed by atoms with Crippen molar-refractivity contribution in [3.8, 4) is 39.1 Å². The van der Waals surface area contributed by atoms with E-state index >= 15 is 0 Å². The fourth-order valence-corrected chi connectivity index (χ4v) is 8.97. The van der Waals surface area contributed by atoms with E-state index in [2.05, 4.69) is 275 Å². The van der Waals surface area contributed by atoms with E-state index < -0.39 is 0 Å². The molecular formula is C60H43N3. The fourth-order valence-electron chi connectivity index (χ4n) is 8.97. The van der Waals surface area contributed by atoms with Gasteiger partial charge in [-0.15, -0.1) is 0 Å². The molecule has 0 atom stereocenters. The van der Waals surface area contributed by atoms with Gasteiger partial charge >= 0.3 is 0 Å². The molecule has 298 valence electrons. The van der Waals surface area contributed by atoms with Gasteiger partial charge in [-0.3, -0.25) is 0 Å². The standard InChI is InChI=1S/C60H43N3/c1-6-18-44(19-7-1)47-30-36-52(37-31-47)61(50-24-12-4-13-25-50)55-42-58(62(51-26-14-5-15-27-51)53-38-32-48(33-39-53)45-20-8-2-9-21-45)60-56-28-16-17-29-57(56)63(59(60)43-55)54-40-34-49(35-41-54)46-22-10-3-11-23-46/h1-43H. The summed E-state index contributed by atoms with van der Waals surface area (Å²) in [4.78, 5) is 4.82. The lowest BCUT2D eigenvalue weighted by molar-refractivity contribution is 1.17. The average molecular weight is 806 g/mol. The molecule has 63 heavy (non-hydrogen) atoms. The number of fused-ring (bicyclic) bond motifs is 3. The van der Waals surface area contributed by atoms with Crippen LogP contribution in [0.1, 0.15) is 0 Å². The molecule has 0 saturated heterocycles. The Morgan fingerprint density at radius 2 is 0.619 bits per heavy atom. The van der Waals surface area contributed by atoms with Crippen LogP contribution in [0.3, 0.4) is 0 Å². The average Bonchev–Trinajstić information content (AvgIpc) is 3.70. The molecule has 0 N–H and O–H groups in total. The van der Waals surface area contributed by atoms with Crippen molar-refractivity contribution in [3.63, 3.8) is 0 Å². The lowest BCUT2D eigenvalue weighted by Crippen LogP contribution is -2.14. The SMILES string of the molecule is c1ccc(-c2ccc(N(c3ccccc3)c3cc(N(c4ccccc4)c4ccc(-c5ccccc5)cc4)c4c5ccccc5n(-c5ccc(-c6ccccc6)cc5)c4c3)cc2)cc1. The van der Waals surface area contributed by atoms with Crippen molar-refractivity contribution in [2.24, 2.45) is 0 Å². The highest BCUT2D eigenvalue weighted by Gasteiger charge is 2.25. The van der Waals surface area contributed by atoms with Crippen molar-refractivity contribution in [2.45, 2.75) is 0 Å².